The fourth-order valence-corrected chi connectivity index (χ4v) is 4.66. The van der Waals surface area contributed by atoms with Crippen molar-refractivity contribution in [3.05, 3.63) is 58.7 Å². The highest BCUT2D eigenvalue weighted by atomic mass is 19.4. The summed E-state index contributed by atoms with van der Waals surface area (Å²) in [6.45, 7) is 9.73. The average molecular weight is 443 g/mol. The van der Waals surface area contributed by atoms with Crippen LogP contribution >= 0.6 is 0 Å². The zero-order valence-electron chi connectivity index (χ0n) is 19.2. The van der Waals surface area contributed by atoms with Crippen LogP contribution < -0.4 is 9.64 Å². The van der Waals surface area contributed by atoms with Gasteiger partial charge in [-0.05, 0) is 68.0 Å². The highest BCUT2D eigenvalue weighted by Crippen LogP contribution is 2.46. The normalized spacial score (nSPS) is 18.2. The number of alkyl halides is 3. The van der Waals surface area contributed by atoms with Crippen LogP contribution in [0.25, 0.3) is 11.6 Å². The zero-order valence-corrected chi connectivity index (χ0v) is 19.2. The van der Waals surface area contributed by atoms with Crippen LogP contribution in [0.3, 0.4) is 0 Å². The number of benzene rings is 2. The summed E-state index contributed by atoms with van der Waals surface area (Å²) in [6, 6.07) is 10.9. The van der Waals surface area contributed by atoms with Crippen molar-refractivity contribution in [1.82, 2.24) is 0 Å². The lowest BCUT2D eigenvalue weighted by Gasteiger charge is -2.47. The molecule has 0 N–H and O–H groups in total. The SMILES string of the molecule is CCCN1c2cc(OC)c(/C=C(\C#N)c3cccc(C(F)(F)F)c3)cc2C(C)CC1(C)C. The third kappa shape index (κ3) is 4.62. The van der Waals surface area contributed by atoms with Crippen LogP contribution in [0.2, 0.25) is 0 Å². The lowest BCUT2D eigenvalue weighted by molar-refractivity contribution is -0.137. The molecule has 0 saturated heterocycles. The molecule has 1 aliphatic rings. The van der Waals surface area contributed by atoms with Crippen molar-refractivity contribution in [2.24, 2.45) is 0 Å². The highest BCUT2D eigenvalue weighted by Gasteiger charge is 2.36. The molecule has 0 spiro atoms. The van der Waals surface area contributed by atoms with Gasteiger partial charge in [0.25, 0.3) is 0 Å². The van der Waals surface area contributed by atoms with E-state index in [1.807, 2.05) is 12.1 Å². The van der Waals surface area contributed by atoms with Gasteiger partial charge < -0.3 is 9.64 Å². The number of anilines is 1. The van der Waals surface area contributed by atoms with Crippen LogP contribution in [0.5, 0.6) is 5.75 Å². The van der Waals surface area contributed by atoms with E-state index in [2.05, 4.69) is 38.7 Å². The molecule has 2 aromatic carbocycles. The number of ether oxygens (including phenoxy) is 1. The summed E-state index contributed by atoms with van der Waals surface area (Å²) in [6.07, 6.45) is -0.861. The van der Waals surface area contributed by atoms with E-state index in [9.17, 15) is 18.4 Å². The van der Waals surface area contributed by atoms with E-state index in [1.165, 1.54) is 12.1 Å². The Morgan fingerprint density at radius 3 is 2.59 bits per heavy atom. The molecule has 0 amide bonds. The predicted molar refractivity (Wildman–Crippen MR) is 123 cm³/mol. The van der Waals surface area contributed by atoms with Crippen molar-refractivity contribution < 1.29 is 17.9 Å². The highest BCUT2D eigenvalue weighted by molar-refractivity contribution is 5.91. The van der Waals surface area contributed by atoms with Crippen molar-refractivity contribution in [2.45, 2.75) is 58.2 Å². The molecule has 0 aliphatic carbocycles. The van der Waals surface area contributed by atoms with E-state index in [4.69, 9.17) is 4.74 Å². The molecule has 1 unspecified atom stereocenters. The van der Waals surface area contributed by atoms with Gasteiger partial charge in [-0.1, -0.05) is 26.0 Å². The molecule has 3 rings (SSSR count). The molecule has 1 heterocycles. The Balaban J connectivity index is 2.14. The number of nitriles is 1. The van der Waals surface area contributed by atoms with Gasteiger partial charge in [0.1, 0.15) is 5.75 Å². The number of allylic oxidation sites excluding steroid dienone is 1. The smallest absolute Gasteiger partial charge is 0.416 e. The molecule has 0 saturated carbocycles. The first kappa shape index (κ1) is 23.7. The number of hydrogen-bond donors (Lipinski definition) is 0. The molecule has 0 radical (unpaired) electrons. The minimum absolute atomic E-state index is 0.000638. The third-order valence-corrected chi connectivity index (χ3v) is 6.11. The molecule has 32 heavy (non-hydrogen) atoms. The Bertz CT molecular complexity index is 1060. The first-order valence-electron chi connectivity index (χ1n) is 10.8. The summed E-state index contributed by atoms with van der Waals surface area (Å²) < 4.78 is 45.1. The maximum absolute atomic E-state index is 13.1. The summed E-state index contributed by atoms with van der Waals surface area (Å²) in [5, 5.41) is 9.72. The van der Waals surface area contributed by atoms with Gasteiger partial charge in [0.2, 0.25) is 0 Å². The second-order valence-electron chi connectivity index (χ2n) is 8.97. The van der Waals surface area contributed by atoms with Gasteiger partial charge in [0, 0.05) is 29.4 Å². The maximum atomic E-state index is 13.1. The van der Waals surface area contributed by atoms with Crippen molar-refractivity contribution in [3.8, 4) is 11.8 Å². The van der Waals surface area contributed by atoms with E-state index >= 15 is 0 Å². The number of methoxy groups -OCH3 is 1. The summed E-state index contributed by atoms with van der Waals surface area (Å²) in [5.74, 6) is 0.889. The second-order valence-corrected chi connectivity index (χ2v) is 8.97. The monoisotopic (exact) mass is 442 g/mol. The zero-order chi connectivity index (χ0) is 23.7. The minimum atomic E-state index is -4.47. The quantitative estimate of drug-likeness (QED) is 0.361. The van der Waals surface area contributed by atoms with Gasteiger partial charge in [-0.25, -0.2) is 0 Å². The summed E-state index contributed by atoms with van der Waals surface area (Å²) >= 11 is 0. The number of hydrogen-bond acceptors (Lipinski definition) is 3. The molecular formula is C26H29F3N2O. The Morgan fingerprint density at radius 1 is 1.28 bits per heavy atom. The minimum Gasteiger partial charge on any atom is -0.496 e. The molecule has 0 bridgehead atoms. The number of halogens is 3. The lowest BCUT2D eigenvalue weighted by Crippen LogP contribution is -2.48. The van der Waals surface area contributed by atoms with Crippen molar-refractivity contribution in [1.29, 1.82) is 5.26 Å². The fourth-order valence-electron chi connectivity index (χ4n) is 4.66. The van der Waals surface area contributed by atoms with E-state index in [0.29, 0.717) is 17.2 Å². The molecular weight excluding hydrogens is 413 g/mol. The Kier molecular flexibility index (Phi) is 6.59. The largest absolute Gasteiger partial charge is 0.496 e. The van der Waals surface area contributed by atoms with E-state index in [1.54, 1.807) is 13.2 Å². The average Bonchev–Trinajstić information content (AvgIpc) is 2.73. The predicted octanol–water partition coefficient (Wildman–Crippen LogP) is 7.28. The molecule has 0 aromatic heterocycles. The van der Waals surface area contributed by atoms with Crippen molar-refractivity contribution in [3.63, 3.8) is 0 Å². The van der Waals surface area contributed by atoms with Crippen LogP contribution in [0.15, 0.2) is 36.4 Å². The van der Waals surface area contributed by atoms with E-state index in [-0.39, 0.29) is 16.7 Å². The lowest BCUT2D eigenvalue weighted by atomic mass is 9.79. The molecule has 1 atom stereocenters. The fraction of sp³-hybridized carbons (Fsp3) is 0.423. The van der Waals surface area contributed by atoms with Gasteiger partial charge in [0.15, 0.2) is 0 Å². The Morgan fingerprint density at radius 2 is 2.00 bits per heavy atom. The van der Waals surface area contributed by atoms with Crippen LogP contribution in [-0.4, -0.2) is 19.2 Å². The number of rotatable bonds is 5. The van der Waals surface area contributed by atoms with Crippen LogP contribution in [0, 0.1) is 11.3 Å². The second kappa shape index (κ2) is 8.90. The van der Waals surface area contributed by atoms with Crippen molar-refractivity contribution in [2.75, 3.05) is 18.6 Å². The van der Waals surface area contributed by atoms with Crippen molar-refractivity contribution >= 4 is 17.3 Å². The van der Waals surface area contributed by atoms with E-state index in [0.717, 1.165) is 42.8 Å². The number of nitrogens with zero attached hydrogens (tertiary/aromatic N) is 2. The Labute approximate surface area is 188 Å². The summed E-state index contributed by atoms with van der Waals surface area (Å²) in [7, 11) is 1.57. The third-order valence-electron chi connectivity index (χ3n) is 6.11. The molecule has 6 heteroatoms. The molecule has 0 fully saturated rings. The van der Waals surface area contributed by atoms with Crippen LogP contribution in [0.4, 0.5) is 18.9 Å². The van der Waals surface area contributed by atoms with Gasteiger partial charge in [-0.2, -0.15) is 18.4 Å². The van der Waals surface area contributed by atoms with Crippen LogP contribution in [0.1, 0.15) is 68.7 Å². The van der Waals surface area contributed by atoms with E-state index < -0.39 is 11.7 Å². The van der Waals surface area contributed by atoms with Gasteiger partial charge in [-0.3, -0.25) is 0 Å². The van der Waals surface area contributed by atoms with Gasteiger partial charge >= 0.3 is 6.18 Å². The molecule has 2 aromatic rings. The molecule has 3 nitrogen and oxygen atoms in total. The Hall–Kier alpha value is -2.94. The topological polar surface area (TPSA) is 36.3 Å². The maximum Gasteiger partial charge on any atom is 0.416 e. The summed E-state index contributed by atoms with van der Waals surface area (Å²) in [4.78, 5) is 2.40. The molecule has 1 aliphatic heterocycles. The van der Waals surface area contributed by atoms with Crippen LogP contribution in [-0.2, 0) is 6.18 Å². The first-order chi connectivity index (χ1) is 15.0. The van der Waals surface area contributed by atoms with Gasteiger partial charge in [-0.15, -0.1) is 0 Å². The first-order valence-corrected chi connectivity index (χ1v) is 10.8. The number of fused-ring (bicyclic) bond motifs is 1. The van der Waals surface area contributed by atoms with Gasteiger partial charge in [0.05, 0.1) is 24.3 Å². The molecule has 170 valence electrons. The summed E-state index contributed by atoms with van der Waals surface area (Å²) in [5.41, 5.74) is 2.56. The standard InChI is InChI=1S/C26H29F3N2O/c1-6-10-31-23-14-24(32-5)19(13-22(23)17(2)15-25(31,3)4)11-20(16-30)18-8-7-9-21(12-18)26(27,28)29/h7-9,11-14,17H,6,10,15H2,1-5H3/b20-11+.